The van der Waals surface area contributed by atoms with Gasteiger partial charge in [0.15, 0.2) is 5.69 Å². The van der Waals surface area contributed by atoms with Gasteiger partial charge in [-0.25, -0.2) is 0 Å². The van der Waals surface area contributed by atoms with Crippen LogP contribution < -0.4 is 14.8 Å². The maximum atomic E-state index is 6.64. The highest BCUT2D eigenvalue weighted by atomic mass is 32.2. The molecule has 1 atom stereocenters. The van der Waals surface area contributed by atoms with Crippen molar-refractivity contribution in [2.45, 2.75) is 37.4 Å². The summed E-state index contributed by atoms with van der Waals surface area (Å²) in [6.07, 6.45) is 0.372. The summed E-state index contributed by atoms with van der Waals surface area (Å²) < 4.78 is 12.9. The minimum atomic E-state index is -0.540. The van der Waals surface area contributed by atoms with Crippen molar-refractivity contribution in [1.29, 1.82) is 0 Å². The molecule has 4 aromatic carbocycles. The summed E-state index contributed by atoms with van der Waals surface area (Å²) in [5.41, 5.74) is 5.80. The molecule has 2 heterocycles. The molecule has 1 N–H and O–H groups in total. The maximum absolute atomic E-state index is 6.64. The van der Waals surface area contributed by atoms with Crippen LogP contribution in [0.4, 0.5) is 5.69 Å². The zero-order chi connectivity index (χ0) is 25.9. The molecule has 0 fully saturated rings. The first kappa shape index (κ1) is 24.2. The Hall–Kier alpha value is -4.10. The molecule has 1 aliphatic heterocycles. The molecule has 6 nitrogen and oxygen atoms in total. The fourth-order valence-corrected chi connectivity index (χ4v) is 5.29. The number of fused-ring (bicyclic) bond motifs is 4. The summed E-state index contributed by atoms with van der Waals surface area (Å²) in [5, 5.41) is 15.4. The number of nitrogens with one attached hydrogen (secondary N) is 1. The van der Waals surface area contributed by atoms with Crippen LogP contribution in [0.5, 0.6) is 11.6 Å². The van der Waals surface area contributed by atoms with Crippen LogP contribution in [0.25, 0.3) is 22.0 Å². The highest BCUT2D eigenvalue weighted by Gasteiger charge is 2.29. The molecule has 190 valence electrons. The predicted molar refractivity (Wildman–Crippen MR) is 153 cm³/mol. The van der Waals surface area contributed by atoms with Gasteiger partial charge in [-0.2, -0.15) is 4.98 Å². The van der Waals surface area contributed by atoms with Gasteiger partial charge in [0.2, 0.25) is 17.3 Å². The number of hydrogen-bond donors (Lipinski definition) is 1. The largest absolute Gasteiger partial charge is 0.493 e. The Morgan fingerprint density at radius 3 is 2.61 bits per heavy atom. The molecular formula is C31H28N4O2S. The number of ether oxygens (including phenoxy) is 2. The van der Waals surface area contributed by atoms with Gasteiger partial charge in [0.1, 0.15) is 5.75 Å². The van der Waals surface area contributed by atoms with Crippen LogP contribution in [0.15, 0.2) is 90.1 Å². The second kappa shape index (κ2) is 10.7. The van der Waals surface area contributed by atoms with E-state index in [1.165, 1.54) is 11.1 Å². The minimum Gasteiger partial charge on any atom is -0.493 e. The Labute approximate surface area is 226 Å². The quantitative estimate of drug-likeness (QED) is 0.222. The Bertz CT molecular complexity index is 1590. The van der Waals surface area contributed by atoms with E-state index in [1.807, 2.05) is 42.5 Å². The van der Waals surface area contributed by atoms with Gasteiger partial charge in [0, 0.05) is 17.0 Å². The lowest BCUT2D eigenvalue weighted by Gasteiger charge is -2.23. The molecule has 0 spiro atoms. The number of nitrogens with zero attached hydrogens (tertiary/aromatic N) is 3. The van der Waals surface area contributed by atoms with E-state index in [9.17, 15) is 0 Å². The third kappa shape index (κ3) is 4.89. The van der Waals surface area contributed by atoms with Crippen molar-refractivity contribution in [2.75, 3.05) is 11.9 Å². The monoisotopic (exact) mass is 520 g/mol. The van der Waals surface area contributed by atoms with Gasteiger partial charge in [-0.3, -0.25) is 0 Å². The Balaban J connectivity index is 1.42. The van der Waals surface area contributed by atoms with E-state index in [0.717, 1.165) is 45.5 Å². The summed E-state index contributed by atoms with van der Waals surface area (Å²) in [7, 11) is 0. The SMILES string of the molecule is CCCOc1ccc2ccccc2c1[C@H]1Nc2ccccc2-c2nnc(SCc3ccc(C)cc3)nc2O1. The Kier molecular flexibility index (Phi) is 6.84. The van der Waals surface area contributed by atoms with Gasteiger partial charge < -0.3 is 14.8 Å². The number of aryl methyl sites for hydroxylation is 1. The molecule has 5 aromatic rings. The third-order valence-electron chi connectivity index (χ3n) is 6.48. The van der Waals surface area contributed by atoms with E-state index in [0.29, 0.717) is 23.3 Å². The molecule has 0 radical (unpaired) electrons. The van der Waals surface area contributed by atoms with Crippen molar-refractivity contribution in [3.05, 3.63) is 102 Å². The van der Waals surface area contributed by atoms with Crippen LogP contribution in [-0.4, -0.2) is 21.8 Å². The first-order valence-electron chi connectivity index (χ1n) is 12.8. The van der Waals surface area contributed by atoms with Gasteiger partial charge in [0.05, 0.1) is 12.2 Å². The van der Waals surface area contributed by atoms with E-state index < -0.39 is 6.23 Å². The van der Waals surface area contributed by atoms with Crippen molar-refractivity contribution in [3.63, 3.8) is 0 Å². The lowest BCUT2D eigenvalue weighted by Crippen LogP contribution is -2.19. The van der Waals surface area contributed by atoms with Crippen molar-refractivity contribution in [2.24, 2.45) is 0 Å². The molecule has 0 saturated carbocycles. The topological polar surface area (TPSA) is 69.2 Å². The number of benzene rings is 4. The van der Waals surface area contributed by atoms with Crippen molar-refractivity contribution < 1.29 is 9.47 Å². The van der Waals surface area contributed by atoms with E-state index in [-0.39, 0.29) is 0 Å². The van der Waals surface area contributed by atoms with E-state index in [2.05, 4.69) is 71.8 Å². The third-order valence-corrected chi connectivity index (χ3v) is 7.39. The van der Waals surface area contributed by atoms with Crippen LogP contribution in [0, 0.1) is 6.92 Å². The van der Waals surface area contributed by atoms with E-state index >= 15 is 0 Å². The standard InChI is InChI=1S/C31H28N4O2S/c1-3-18-36-26-17-16-22-8-4-5-9-23(22)27(26)29-32-25-11-7-6-10-24(25)28-30(37-29)33-31(35-34-28)38-19-21-14-12-20(2)13-15-21/h4-17,29,32H,3,18-19H2,1-2H3/t29-/m0/s1. The lowest BCUT2D eigenvalue weighted by molar-refractivity contribution is 0.217. The van der Waals surface area contributed by atoms with Gasteiger partial charge in [0.25, 0.3) is 0 Å². The first-order valence-corrected chi connectivity index (χ1v) is 13.8. The van der Waals surface area contributed by atoms with E-state index in [4.69, 9.17) is 14.5 Å². The van der Waals surface area contributed by atoms with Crippen molar-refractivity contribution in [3.8, 4) is 22.9 Å². The molecule has 0 bridgehead atoms. The van der Waals surface area contributed by atoms with Crippen LogP contribution >= 0.6 is 11.8 Å². The van der Waals surface area contributed by atoms with Crippen LogP contribution in [0.2, 0.25) is 0 Å². The van der Waals surface area contributed by atoms with Crippen LogP contribution in [0.1, 0.15) is 36.3 Å². The highest BCUT2D eigenvalue weighted by Crippen LogP contribution is 2.43. The number of hydrogen-bond acceptors (Lipinski definition) is 7. The molecule has 38 heavy (non-hydrogen) atoms. The average Bonchev–Trinajstić information content (AvgIpc) is 3.11. The summed E-state index contributed by atoms with van der Waals surface area (Å²) in [6.45, 7) is 4.81. The summed E-state index contributed by atoms with van der Waals surface area (Å²) in [6, 6.07) is 28.9. The maximum Gasteiger partial charge on any atom is 0.247 e. The number of para-hydroxylation sites is 1. The van der Waals surface area contributed by atoms with Gasteiger partial charge in [-0.1, -0.05) is 97.0 Å². The Morgan fingerprint density at radius 1 is 0.921 bits per heavy atom. The fraction of sp³-hybridized carbons (Fsp3) is 0.194. The van der Waals surface area contributed by atoms with Gasteiger partial charge in [-0.15, -0.1) is 10.2 Å². The molecule has 0 amide bonds. The summed E-state index contributed by atoms with van der Waals surface area (Å²) >= 11 is 1.54. The molecule has 0 saturated heterocycles. The number of anilines is 1. The zero-order valence-corrected chi connectivity index (χ0v) is 22.2. The predicted octanol–water partition coefficient (Wildman–Crippen LogP) is 7.58. The minimum absolute atomic E-state index is 0.447. The molecule has 6 rings (SSSR count). The zero-order valence-electron chi connectivity index (χ0n) is 21.3. The highest BCUT2D eigenvalue weighted by molar-refractivity contribution is 7.98. The number of rotatable bonds is 7. The van der Waals surface area contributed by atoms with Gasteiger partial charge in [-0.05, 0) is 41.8 Å². The van der Waals surface area contributed by atoms with Crippen molar-refractivity contribution >= 4 is 28.2 Å². The second-order valence-corrected chi connectivity index (χ2v) is 10.2. The molecule has 0 unspecified atom stereocenters. The van der Waals surface area contributed by atoms with Crippen molar-refractivity contribution in [1.82, 2.24) is 15.2 Å². The number of thioether (sulfide) groups is 1. The lowest BCUT2D eigenvalue weighted by atomic mass is 10.0. The summed E-state index contributed by atoms with van der Waals surface area (Å²) in [5.74, 6) is 1.99. The fourth-order valence-electron chi connectivity index (χ4n) is 4.56. The molecular weight excluding hydrogens is 492 g/mol. The average molecular weight is 521 g/mol. The Morgan fingerprint density at radius 2 is 1.74 bits per heavy atom. The van der Waals surface area contributed by atoms with Crippen LogP contribution in [0.3, 0.4) is 0 Å². The number of aromatic nitrogens is 3. The summed E-state index contributed by atoms with van der Waals surface area (Å²) in [4.78, 5) is 4.84. The van der Waals surface area contributed by atoms with Crippen LogP contribution in [-0.2, 0) is 5.75 Å². The molecule has 1 aromatic heterocycles. The smallest absolute Gasteiger partial charge is 0.247 e. The molecule has 1 aliphatic rings. The molecule has 0 aliphatic carbocycles. The second-order valence-electron chi connectivity index (χ2n) is 9.26. The normalized spacial score (nSPS) is 14.1. The first-order chi connectivity index (χ1) is 18.7. The van der Waals surface area contributed by atoms with Gasteiger partial charge >= 0.3 is 0 Å². The molecule has 7 heteroatoms. The van der Waals surface area contributed by atoms with E-state index in [1.54, 1.807) is 11.8 Å².